The van der Waals surface area contributed by atoms with Crippen LogP contribution in [0.15, 0.2) is 59.2 Å². The summed E-state index contributed by atoms with van der Waals surface area (Å²) in [5.74, 6) is -1.43. The van der Waals surface area contributed by atoms with E-state index in [1.54, 1.807) is 42.5 Å². The number of carbonyl (C=O) groups excluding carboxylic acids is 3. The third-order valence-corrected chi connectivity index (χ3v) is 5.66. The van der Waals surface area contributed by atoms with E-state index in [1.807, 2.05) is 13.8 Å². The minimum absolute atomic E-state index is 0.0870. The van der Waals surface area contributed by atoms with Gasteiger partial charge in [-0.1, -0.05) is 37.3 Å². The fraction of sp³-hybridized carbons (Fsp3) is 0.190. The van der Waals surface area contributed by atoms with Crippen LogP contribution in [0.3, 0.4) is 0 Å². The lowest BCUT2D eigenvalue weighted by molar-refractivity contribution is -0.123. The van der Waals surface area contributed by atoms with E-state index < -0.39 is 23.8 Å². The number of thiophene rings is 1. The second-order valence-corrected chi connectivity index (χ2v) is 7.44. The molecule has 0 fully saturated rings. The van der Waals surface area contributed by atoms with Gasteiger partial charge in [0.05, 0.1) is 11.1 Å². The minimum atomic E-state index is -1.01. The van der Waals surface area contributed by atoms with Gasteiger partial charge in [-0.2, -0.15) is 0 Å². The lowest BCUT2D eigenvalue weighted by atomic mass is 10.1. The van der Waals surface area contributed by atoms with Crippen molar-refractivity contribution in [3.05, 3.63) is 81.4 Å². The van der Waals surface area contributed by atoms with Crippen molar-refractivity contribution in [2.24, 2.45) is 0 Å². The maximum absolute atomic E-state index is 12.7. The summed E-state index contributed by atoms with van der Waals surface area (Å²) in [5, 5.41) is 2.63. The number of hydrazine groups is 1. The average Bonchev–Trinajstić information content (AvgIpc) is 3.40. The van der Waals surface area contributed by atoms with E-state index in [4.69, 9.17) is 4.42 Å². The van der Waals surface area contributed by atoms with Gasteiger partial charge in [-0.25, -0.2) is 0 Å². The van der Waals surface area contributed by atoms with E-state index in [1.165, 1.54) is 23.7 Å². The van der Waals surface area contributed by atoms with Crippen LogP contribution in [-0.4, -0.2) is 17.7 Å². The maximum atomic E-state index is 12.7. The molecule has 0 bridgehead atoms. The van der Waals surface area contributed by atoms with Crippen LogP contribution in [0.5, 0.6) is 0 Å². The summed E-state index contributed by atoms with van der Waals surface area (Å²) in [6.07, 6.45) is 2.21. The first-order valence-corrected chi connectivity index (χ1v) is 9.90. The Labute approximate surface area is 172 Å². The molecule has 3 N–H and O–H groups in total. The molecular formula is C21H21N3O4S. The molecule has 0 aliphatic heterocycles. The number of hydrogen-bond acceptors (Lipinski definition) is 5. The molecule has 0 aliphatic rings. The van der Waals surface area contributed by atoms with Crippen molar-refractivity contribution in [2.45, 2.75) is 26.3 Å². The van der Waals surface area contributed by atoms with Crippen molar-refractivity contribution in [2.75, 3.05) is 0 Å². The number of aryl methyl sites for hydroxylation is 2. The largest absolute Gasteiger partial charge is 0.459 e. The van der Waals surface area contributed by atoms with Gasteiger partial charge >= 0.3 is 0 Å². The fourth-order valence-corrected chi connectivity index (χ4v) is 3.80. The molecule has 2 aromatic heterocycles. The van der Waals surface area contributed by atoms with Crippen LogP contribution < -0.4 is 16.2 Å². The van der Waals surface area contributed by atoms with Crippen LogP contribution in [0.25, 0.3) is 0 Å². The summed E-state index contributed by atoms with van der Waals surface area (Å²) in [6.45, 7) is 3.97. The van der Waals surface area contributed by atoms with Crippen molar-refractivity contribution in [1.82, 2.24) is 16.2 Å². The molecule has 7 nitrogen and oxygen atoms in total. The zero-order valence-corrected chi connectivity index (χ0v) is 16.8. The molecule has 1 atom stereocenters. The van der Waals surface area contributed by atoms with Gasteiger partial charge in [0.1, 0.15) is 6.04 Å². The van der Waals surface area contributed by atoms with Crippen molar-refractivity contribution in [3.63, 3.8) is 0 Å². The first-order chi connectivity index (χ1) is 14.0. The molecule has 8 heteroatoms. The Morgan fingerprint density at radius 3 is 2.41 bits per heavy atom. The monoisotopic (exact) mass is 411 g/mol. The van der Waals surface area contributed by atoms with E-state index in [2.05, 4.69) is 16.2 Å². The molecule has 0 spiro atoms. The molecule has 0 radical (unpaired) electrons. The molecule has 0 unspecified atom stereocenters. The van der Waals surface area contributed by atoms with Crippen LogP contribution >= 0.6 is 11.3 Å². The fourth-order valence-electron chi connectivity index (χ4n) is 2.79. The molecule has 1 aromatic carbocycles. The van der Waals surface area contributed by atoms with Gasteiger partial charge in [-0.05, 0) is 42.7 Å². The second-order valence-electron chi connectivity index (χ2n) is 6.31. The van der Waals surface area contributed by atoms with Gasteiger partial charge in [0.25, 0.3) is 17.7 Å². The molecule has 29 heavy (non-hydrogen) atoms. The summed E-state index contributed by atoms with van der Waals surface area (Å²) in [7, 11) is 0. The van der Waals surface area contributed by atoms with E-state index in [-0.39, 0.29) is 5.76 Å². The molecule has 3 aromatic rings. The minimum Gasteiger partial charge on any atom is -0.459 e. The standard InChI is InChI=1S/C21H21N3O4S/c1-3-16-13(2)12-17(29-16)20(26)23-24-21(27)18(14-8-5-4-6-9-14)22-19(25)15-10-7-11-28-15/h4-12,18H,3H2,1-2H3,(H,22,25)(H,23,26)(H,24,27)/t18-/m0/s1. The highest BCUT2D eigenvalue weighted by Crippen LogP contribution is 2.22. The quantitative estimate of drug-likeness (QED) is 0.543. The Bertz CT molecular complexity index is 996. The second kappa shape index (κ2) is 9.20. The molecule has 150 valence electrons. The first-order valence-electron chi connectivity index (χ1n) is 9.08. The predicted molar refractivity (Wildman–Crippen MR) is 109 cm³/mol. The SMILES string of the molecule is CCc1sc(C(=O)NNC(=O)[C@@H](NC(=O)c2ccco2)c2ccccc2)cc1C. The van der Waals surface area contributed by atoms with Crippen LogP contribution in [-0.2, 0) is 11.2 Å². The topological polar surface area (TPSA) is 100 Å². The molecule has 0 saturated carbocycles. The highest BCUT2D eigenvalue weighted by atomic mass is 32.1. The zero-order valence-electron chi connectivity index (χ0n) is 16.0. The lowest BCUT2D eigenvalue weighted by Crippen LogP contribution is -2.48. The number of amides is 3. The third kappa shape index (κ3) is 4.91. The average molecular weight is 411 g/mol. The highest BCUT2D eigenvalue weighted by molar-refractivity contribution is 7.14. The van der Waals surface area contributed by atoms with Gasteiger partial charge in [-0.15, -0.1) is 11.3 Å². The van der Waals surface area contributed by atoms with Crippen molar-refractivity contribution >= 4 is 29.1 Å². The molecular weight excluding hydrogens is 390 g/mol. The van der Waals surface area contributed by atoms with Gasteiger partial charge in [0, 0.05) is 4.88 Å². The summed E-state index contributed by atoms with van der Waals surface area (Å²) in [6, 6.07) is 12.6. The Morgan fingerprint density at radius 1 is 1.03 bits per heavy atom. The molecule has 3 amide bonds. The molecule has 3 rings (SSSR count). The number of nitrogens with one attached hydrogen (secondary N) is 3. The van der Waals surface area contributed by atoms with Gasteiger partial charge < -0.3 is 9.73 Å². The van der Waals surface area contributed by atoms with Crippen LogP contribution in [0.4, 0.5) is 0 Å². The van der Waals surface area contributed by atoms with E-state index in [0.717, 1.165) is 16.9 Å². The molecule has 0 saturated heterocycles. The van der Waals surface area contributed by atoms with E-state index >= 15 is 0 Å². The van der Waals surface area contributed by atoms with Crippen molar-refractivity contribution in [1.29, 1.82) is 0 Å². The zero-order chi connectivity index (χ0) is 20.8. The Hall–Kier alpha value is -3.39. The Morgan fingerprint density at radius 2 is 1.79 bits per heavy atom. The normalized spacial score (nSPS) is 11.5. The number of hydrogen-bond donors (Lipinski definition) is 3. The number of furan rings is 1. The van der Waals surface area contributed by atoms with Crippen molar-refractivity contribution < 1.29 is 18.8 Å². The van der Waals surface area contributed by atoms with Gasteiger partial charge in [0.2, 0.25) is 0 Å². The first kappa shape index (κ1) is 20.3. The van der Waals surface area contributed by atoms with Crippen molar-refractivity contribution in [3.8, 4) is 0 Å². The number of carbonyl (C=O) groups is 3. The predicted octanol–water partition coefficient (Wildman–Crippen LogP) is 3.14. The maximum Gasteiger partial charge on any atom is 0.287 e. The summed E-state index contributed by atoms with van der Waals surface area (Å²) in [4.78, 5) is 39.1. The highest BCUT2D eigenvalue weighted by Gasteiger charge is 2.25. The summed E-state index contributed by atoms with van der Waals surface area (Å²) < 4.78 is 5.08. The summed E-state index contributed by atoms with van der Waals surface area (Å²) >= 11 is 1.39. The Kier molecular flexibility index (Phi) is 6.46. The summed E-state index contributed by atoms with van der Waals surface area (Å²) in [5.41, 5.74) is 6.43. The number of benzene rings is 1. The van der Waals surface area contributed by atoms with E-state index in [9.17, 15) is 14.4 Å². The molecule has 2 heterocycles. The van der Waals surface area contributed by atoms with Crippen LogP contribution in [0.1, 0.15) is 49.2 Å². The Balaban J connectivity index is 1.70. The van der Waals surface area contributed by atoms with Gasteiger partial charge in [0.15, 0.2) is 5.76 Å². The number of rotatable bonds is 6. The van der Waals surface area contributed by atoms with E-state index in [0.29, 0.717) is 10.4 Å². The third-order valence-electron chi connectivity index (χ3n) is 4.28. The van der Waals surface area contributed by atoms with Crippen LogP contribution in [0, 0.1) is 6.92 Å². The smallest absolute Gasteiger partial charge is 0.287 e. The van der Waals surface area contributed by atoms with Crippen LogP contribution in [0.2, 0.25) is 0 Å². The van der Waals surface area contributed by atoms with Gasteiger partial charge in [-0.3, -0.25) is 25.2 Å². The molecule has 0 aliphatic carbocycles. The lowest BCUT2D eigenvalue weighted by Gasteiger charge is -2.18.